The molecule has 0 heterocycles. The van der Waals surface area contributed by atoms with Gasteiger partial charge in [-0.3, -0.25) is 4.79 Å². The first-order valence-corrected chi connectivity index (χ1v) is 7.89. The van der Waals surface area contributed by atoms with Gasteiger partial charge in [-0.25, -0.2) is 5.43 Å². The molecule has 0 radical (unpaired) electrons. The highest BCUT2D eigenvalue weighted by atomic mass is 35.5. The zero-order chi connectivity index (χ0) is 16.9. The van der Waals surface area contributed by atoms with E-state index in [4.69, 9.17) is 11.6 Å². The van der Waals surface area contributed by atoms with E-state index >= 15 is 0 Å². The SMILES string of the molecule is CC(C)(C)c1ccc(CC(=O)N/N=C\c2ccc(Cl)cc2)cc1. The number of hydrazone groups is 1. The van der Waals surface area contributed by atoms with Crippen molar-refractivity contribution in [2.75, 3.05) is 0 Å². The zero-order valence-electron chi connectivity index (χ0n) is 13.6. The Morgan fingerprint density at radius 1 is 1.09 bits per heavy atom. The van der Waals surface area contributed by atoms with Crippen molar-refractivity contribution in [2.45, 2.75) is 32.6 Å². The Balaban J connectivity index is 1.88. The molecule has 23 heavy (non-hydrogen) atoms. The summed E-state index contributed by atoms with van der Waals surface area (Å²) in [5, 5.41) is 4.63. The molecular formula is C19H21ClN2O. The van der Waals surface area contributed by atoms with E-state index < -0.39 is 0 Å². The van der Waals surface area contributed by atoms with Crippen LogP contribution >= 0.6 is 11.6 Å². The Morgan fingerprint density at radius 2 is 1.70 bits per heavy atom. The van der Waals surface area contributed by atoms with Crippen molar-refractivity contribution in [1.82, 2.24) is 5.43 Å². The molecule has 0 aliphatic carbocycles. The summed E-state index contributed by atoms with van der Waals surface area (Å²) in [6, 6.07) is 15.3. The summed E-state index contributed by atoms with van der Waals surface area (Å²) in [5.74, 6) is -0.140. The minimum absolute atomic E-state index is 0.115. The number of nitrogens with zero attached hydrogens (tertiary/aromatic N) is 1. The first-order valence-electron chi connectivity index (χ1n) is 7.51. The van der Waals surface area contributed by atoms with Gasteiger partial charge in [0.05, 0.1) is 12.6 Å². The molecule has 0 saturated heterocycles. The molecule has 2 aromatic carbocycles. The third-order valence-corrected chi connectivity index (χ3v) is 3.71. The molecule has 2 aromatic rings. The minimum atomic E-state index is -0.140. The Kier molecular flexibility index (Phi) is 5.56. The fraction of sp³-hybridized carbons (Fsp3) is 0.263. The Hall–Kier alpha value is -2.13. The van der Waals surface area contributed by atoms with Crippen LogP contribution in [0.15, 0.2) is 53.6 Å². The van der Waals surface area contributed by atoms with Gasteiger partial charge in [0.15, 0.2) is 0 Å². The molecule has 4 heteroatoms. The lowest BCUT2D eigenvalue weighted by Crippen LogP contribution is -2.20. The van der Waals surface area contributed by atoms with Gasteiger partial charge in [-0.05, 0) is 34.2 Å². The van der Waals surface area contributed by atoms with E-state index in [0.717, 1.165) is 11.1 Å². The smallest absolute Gasteiger partial charge is 0.244 e. The van der Waals surface area contributed by atoms with Gasteiger partial charge < -0.3 is 0 Å². The van der Waals surface area contributed by atoms with E-state index in [1.807, 2.05) is 24.3 Å². The zero-order valence-corrected chi connectivity index (χ0v) is 14.4. The first kappa shape index (κ1) is 17.2. The highest BCUT2D eigenvalue weighted by Crippen LogP contribution is 2.22. The highest BCUT2D eigenvalue weighted by Gasteiger charge is 2.13. The molecule has 0 spiro atoms. The van der Waals surface area contributed by atoms with Crippen LogP contribution < -0.4 is 5.43 Å². The van der Waals surface area contributed by atoms with Crippen LogP contribution in [0.4, 0.5) is 0 Å². The van der Waals surface area contributed by atoms with Crippen molar-refractivity contribution in [1.29, 1.82) is 0 Å². The molecule has 0 atom stereocenters. The van der Waals surface area contributed by atoms with Gasteiger partial charge in [0, 0.05) is 5.02 Å². The van der Waals surface area contributed by atoms with Crippen molar-refractivity contribution < 1.29 is 4.79 Å². The standard InChI is InChI=1S/C19H21ClN2O/c1-19(2,3)16-8-4-14(5-9-16)12-18(23)22-21-13-15-6-10-17(20)11-7-15/h4-11,13H,12H2,1-3H3,(H,22,23)/b21-13-. The molecule has 0 fully saturated rings. The molecule has 0 aliphatic heterocycles. The molecule has 3 nitrogen and oxygen atoms in total. The molecule has 1 N–H and O–H groups in total. The molecular weight excluding hydrogens is 308 g/mol. The number of carbonyl (C=O) groups is 1. The second kappa shape index (κ2) is 7.42. The highest BCUT2D eigenvalue weighted by molar-refractivity contribution is 6.30. The fourth-order valence-electron chi connectivity index (χ4n) is 2.08. The van der Waals surface area contributed by atoms with Gasteiger partial charge in [-0.2, -0.15) is 5.10 Å². The van der Waals surface area contributed by atoms with Gasteiger partial charge in [-0.15, -0.1) is 0 Å². The predicted molar refractivity (Wildman–Crippen MR) is 96.0 cm³/mol. The van der Waals surface area contributed by atoms with Crippen molar-refractivity contribution in [3.63, 3.8) is 0 Å². The number of carbonyl (C=O) groups excluding carboxylic acids is 1. The lowest BCUT2D eigenvalue weighted by Gasteiger charge is -2.19. The van der Waals surface area contributed by atoms with Gasteiger partial charge >= 0.3 is 0 Å². The van der Waals surface area contributed by atoms with Crippen LogP contribution in [-0.2, 0) is 16.6 Å². The molecule has 0 unspecified atom stereocenters. The van der Waals surface area contributed by atoms with E-state index in [1.54, 1.807) is 18.3 Å². The number of benzene rings is 2. The number of hydrogen-bond donors (Lipinski definition) is 1. The predicted octanol–water partition coefficient (Wildman–Crippen LogP) is 4.33. The largest absolute Gasteiger partial charge is 0.273 e. The normalized spacial score (nSPS) is 11.7. The number of nitrogens with one attached hydrogen (secondary N) is 1. The van der Waals surface area contributed by atoms with E-state index in [9.17, 15) is 4.79 Å². The van der Waals surface area contributed by atoms with E-state index in [2.05, 4.69) is 43.4 Å². The monoisotopic (exact) mass is 328 g/mol. The minimum Gasteiger partial charge on any atom is -0.273 e. The van der Waals surface area contributed by atoms with Crippen LogP contribution in [0, 0.1) is 0 Å². The van der Waals surface area contributed by atoms with Gasteiger partial charge in [0.2, 0.25) is 5.91 Å². The summed E-state index contributed by atoms with van der Waals surface area (Å²) in [6.07, 6.45) is 1.90. The summed E-state index contributed by atoms with van der Waals surface area (Å²) in [4.78, 5) is 11.9. The summed E-state index contributed by atoms with van der Waals surface area (Å²) in [7, 11) is 0. The van der Waals surface area contributed by atoms with Crippen LogP contribution in [0.25, 0.3) is 0 Å². The quantitative estimate of drug-likeness (QED) is 0.658. The molecule has 2 rings (SSSR count). The molecule has 0 bridgehead atoms. The van der Waals surface area contributed by atoms with Gasteiger partial charge in [0.1, 0.15) is 0 Å². The first-order chi connectivity index (χ1) is 10.8. The second-order valence-electron chi connectivity index (χ2n) is 6.47. The third kappa shape index (κ3) is 5.53. The van der Waals surface area contributed by atoms with Crippen molar-refractivity contribution in [3.05, 3.63) is 70.2 Å². The fourth-order valence-corrected chi connectivity index (χ4v) is 2.20. The maximum absolute atomic E-state index is 11.9. The van der Waals surface area contributed by atoms with Crippen molar-refractivity contribution in [3.8, 4) is 0 Å². The number of rotatable bonds is 4. The third-order valence-electron chi connectivity index (χ3n) is 3.46. The number of halogens is 1. The number of hydrogen-bond acceptors (Lipinski definition) is 2. The molecule has 1 amide bonds. The van der Waals surface area contributed by atoms with E-state index in [-0.39, 0.29) is 11.3 Å². The lowest BCUT2D eigenvalue weighted by molar-refractivity contribution is -0.120. The van der Waals surface area contributed by atoms with Crippen LogP contribution in [0.2, 0.25) is 5.02 Å². The topological polar surface area (TPSA) is 41.5 Å². The van der Waals surface area contributed by atoms with E-state index in [1.165, 1.54) is 5.56 Å². The maximum atomic E-state index is 11.9. The van der Waals surface area contributed by atoms with Gasteiger partial charge in [-0.1, -0.05) is 68.8 Å². The maximum Gasteiger partial charge on any atom is 0.244 e. The molecule has 120 valence electrons. The molecule has 0 saturated carbocycles. The Labute approximate surface area is 142 Å². The van der Waals surface area contributed by atoms with Crippen LogP contribution in [-0.4, -0.2) is 12.1 Å². The molecule has 0 aromatic heterocycles. The average Bonchev–Trinajstić information content (AvgIpc) is 2.49. The van der Waals surface area contributed by atoms with Gasteiger partial charge in [0.25, 0.3) is 0 Å². The summed E-state index contributed by atoms with van der Waals surface area (Å²) in [6.45, 7) is 6.50. The van der Waals surface area contributed by atoms with Crippen LogP contribution in [0.5, 0.6) is 0 Å². The second-order valence-corrected chi connectivity index (χ2v) is 6.90. The number of amides is 1. The summed E-state index contributed by atoms with van der Waals surface area (Å²) in [5.41, 5.74) is 5.75. The molecule has 0 aliphatic rings. The van der Waals surface area contributed by atoms with Crippen LogP contribution in [0.3, 0.4) is 0 Å². The lowest BCUT2D eigenvalue weighted by atomic mass is 9.86. The van der Waals surface area contributed by atoms with Crippen molar-refractivity contribution >= 4 is 23.7 Å². The Bertz CT molecular complexity index is 683. The van der Waals surface area contributed by atoms with Crippen LogP contribution in [0.1, 0.15) is 37.5 Å². The Morgan fingerprint density at radius 3 is 2.26 bits per heavy atom. The summed E-state index contributed by atoms with van der Waals surface area (Å²) < 4.78 is 0. The average molecular weight is 329 g/mol. The van der Waals surface area contributed by atoms with Crippen molar-refractivity contribution in [2.24, 2.45) is 5.10 Å². The summed E-state index contributed by atoms with van der Waals surface area (Å²) >= 11 is 5.81. The van der Waals surface area contributed by atoms with E-state index in [0.29, 0.717) is 11.4 Å².